The number of ether oxygens (including phenoxy) is 12. The van der Waals surface area contributed by atoms with E-state index in [1.807, 2.05) is 0 Å². The lowest BCUT2D eigenvalue weighted by Gasteiger charge is -2.46. The molecule has 5 unspecified atom stereocenters. The van der Waals surface area contributed by atoms with Gasteiger partial charge in [-0.2, -0.15) is 0 Å². The lowest BCUT2D eigenvalue weighted by molar-refractivity contribution is -0.334. The minimum Gasteiger partial charge on any atom is -0.507 e. The molecule has 0 aromatic heterocycles. The number of phenols is 2. The van der Waals surface area contributed by atoms with Crippen molar-refractivity contribution in [1.29, 1.82) is 0 Å². The topological polar surface area (TPSA) is 344 Å². The number of fused-ring (bicyclic) bond motifs is 2. The third kappa shape index (κ3) is 12.4. The van der Waals surface area contributed by atoms with Crippen molar-refractivity contribution in [3.05, 3.63) is 28.8 Å². The lowest BCUT2D eigenvalue weighted by atomic mass is 9.75. The van der Waals surface area contributed by atoms with Crippen LogP contribution in [0.25, 0.3) is 10.8 Å². The maximum atomic E-state index is 15.0. The first-order valence-corrected chi connectivity index (χ1v) is 26.3. The van der Waals surface area contributed by atoms with Gasteiger partial charge in [-0.3, -0.25) is 14.4 Å². The molecule has 1 aliphatic carbocycles. The third-order valence-electron chi connectivity index (χ3n) is 15.9. The van der Waals surface area contributed by atoms with E-state index in [9.17, 15) is 60.3 Å². The Morgan fingerprint density at radius 1 is 0.701 bits per heavy atom. The van der Waals surface area contributed by atoms with Gasteiger partial charge in [-0.25, -0.2) is 0 Å². The zero-order chi connectivity index (χ0) is 56.3. The van der Waals surface area contributed by atoms with E-state index < -0.39 is 176 Å². The van der Waals surface area contributed by atoms with Crippen LogP contribution < -0.4 is 4.74 Å². The Bertz CT molecular complexity index is 2420. The fourth-order valence-corrected chi connectivity index (χ4v) is 11.6. The molecule has 5 heterocycles. The van der Waals surface area contributed by atoms with E-state index in [0.29, 0.717) is 0 Å². The van der Waals surface area contributed by atoms with Crippen molar-refractivity contribution in [1.82, 2.24) is 0 Å². The van der Waals surface area contributed by atoms with E-state index in [1.165, 1.54) is 33.9 Å². The zero-order valence-electron chi connectivity index (χ0n) is 44.8. The van der Waals surface area contributed by atoms with Gasteiger partial charge in [0.2, 0.25) is 6.29 Å². The van der Waals surface area contributed by atoms with Crippen LogP contribution in [-0.2, 0) is 68.1 Å². The summed E-state index contributed by atoms with van der Waals surface area (Å²) in [5.41, 5.74) is -1.34. The molecule has 0 radical (unpaired) electrons. The van der Waals surface area contributed by atoms with E-state index in [-0.39, 0.29) is 71.7 Å². The fourth-order valence-electron chi connectivity index (χ4n) is 11.6. The Morgan fingerprint density at radius 2 is 1.21 bits per heavy atom. The van der Waals surface area contributed by atoms with Crippen LogP contribution in [0.1, 0.15) is 109 Å². The second kappa shape index (κ2) is 23.7. The van der Waals surface area contributed by atoms with Crippen molar-refractivity contribution < 1.29 is 117 Å². The molecule has 5 aliphatic heterocycles. The molecule has 24 atom stereocenters. The van der Waals surface area contributed by atoms with E-state index in [4.69, 9.17) is 56.8 Å². The first-order valence-electron chi connectivity index (χ1n) is 26.3. The summed E-state index contributed by atoms with van der Waals surface area (Å²) in [6.45, 7) is 13.4. The number of esters is 1. The van der Waals surface area contributed by atoms with E-state index in [1.54, 1.807) is 40.7 Å². The van der Waals surface area contributed by atoms with Crippen molar-refractivity contribution in [2.75, 3.05) is 7.11 Å². The number of Topliss-reactive ketones (excluding diaryl/α,β-unsaturated/α-hetero) is 2. The molecule has 2 aromatic carbocycles. The third-order valence-corrected chi connectivity index (χ3v) is 15.9. The first kappa shape index (κ1) is 59.4. The molecule has 2 aromatic rings. The Balaban J connectivity index is 1.02. The average Bonchev–Trinajstić information content (AvgIpc) is 3.37. The van der Waals surface area contributed by atoms with Gasteiger partial charge in [0.15, 0.2) is 42.8 Å². The lowest BCUT2D eigenvalue weighted by Crippen LogP contribution is -2.58. The van der Waals surface area contributed by atoms with Gasteiger partial charge in [-0.15, -0.1) is 0 Å². The zero-order valence-corrected chi connectivity index (χ0v) is 44.8. The number of aliphatic hydroxyl groups excluding tert-OH is 6. The molecule has 5 fully saturated rings. The number of carbonyl (C=O) groups is 3. The van der Waals surface area contributed by atoms with E-state index in [2.05, 4.69) is 0 Å². The van der Waals surface area contributed by atoms with Gasteiger partial charge >= 0.3 is 5.97 Å². The predicted octanol–water partition coefficient (Wildman–Crippen LogP) is 0.961. The summed E-state index contributed by atoms with van der Waals surface area (Å²) in [5, 5.41) is 101. The van der Waals surface area contributed by atoms with Crippen molar-refractivity contribution in [3.63, 3.8) is 0 Å². The van der Waals surface area contributed by atoms with Gasteiger partial charge in [0.1, 0.15) is 53.9 Å². The predicted molar refractivity (Wildman–Crippen MR) is 262 cm³/mol. The molecule has 0 amide bonds. The minimum absolute atomic E-state index is 0.0395. The normalized spacial score (nSPS) is 41.6. The number of hydrogen-bond donors (Lipinski definition) is 9. The summed E-state index contributed by atoms with van der Waals surface area (Å²) < 4.78 is 72.1. The highest BCUT2D eigenvalue weighted by Gasteiger charge is 2.51. The van der Waals surface area contributed by atoms with Crippen LogP contribution in [-0.4, -0.2) is 211 Å². The number of aromatic hydroxyl groups is 2. The van der Waals surface area contributed by atoms with Gasteiger partial charge in [0.25, 0.3) is 0 Å². The van der Waals surface area contributed by atoms with Crippen molar-refractivity contribution >= 4 is 28.3 Å². The van der Waals surface area contributed by atoms with Gasteiger partial charge in [-0.05, 0) is 84.9 Å². The van der Waals surface area contributed by atoms with E-state index >= 15 is 0 Å². The Labute approximate surface area is 445 Å². The molecule has 6 aliphatic rings. The summed E-state index contributed by atoms with van der Waals surface area (Å²) in [6.07, 6.45) is -24.3. The monoisotopic (exact) mass is 1100 g/mol. The molecule has 5 saturated heterocycles. The van der Waals surface area contributed by atoms with Crippen LogP contribution in [0.3, 0.4) is 0 Å². The molecular formula is C53H76O24. The molecule has 9 N–H and O–H groups in total. The molecule has 77 heavy (non-hydrogen) atoms. The SMILES string of the molecule is CO[C@@H]([C@@H]1Cc2cc3cc(O[C@H]4C[C@@H](O[C@H]5C[C@@H](O)[C@H](OC(C)=O)C(C)O5)[C@H](O)C(C)O4)c(C)c(O)c3c(O)c2C(=O)[C@H]1O[C@H]1C[C@@H](O[C@H]2C[C@@H](O[C@H]3C[C@](C)(O)[C@H](O)C(C)O3)[C@@H](O)C(C)O2)[C@H](O)C(C)O1)[C@@H](O)C(C)=O. The maximum Gasteiger partial charge on any atom is 0.303 e. The van der Waals surface area contributed by atoms with Gasteiger partial charge in [0.05, 0.1) is 77.6 Å². The Hall–Kier alpha value is -3.77. The van der Waals surface area contributed by atoms with Crippen LogP contribution in [0, 0.1) is 12.8 Å². The molecule has 0 bridgehead atoms. The standard InChI is InChI=1S/C53H76O24/c1-19-31(73-36-15-32(44(59)21(3)67-36)74-35-14-30(56)49(24(6)70-35)72-26(8)55)13-28-11-27-12-29(50(66-10)43(58)20(2)54)51(48(63)41(27)47(62)40(28)42(19)57)77-38-17-33(45(60)23(5)69-38)75-37-16-34(46(61)22(4)68-37)76-39-18-53(9,65)52(64)25(7)71-39/h11,13,21-25,29-30,32-39,43-46,49-52,56-62,64-65H,12,14-18H2,1-10H3/t21?,22?,23?,24?,25?,29-,30+,32+,33+,34+,35-,36-,37-,38-,39-,43-,44+,45+,46-,49+,50-,51-,52+,53-/m0/s1. The van der Waals surface area contributed by atoms with Crippen LogP contribution in [0.5, 0.6) is 17.2 Å². The molecule has 0 saturated carbocycles. The van der Waals surface area contributed by atoms with Crippen molar-refractivity contribution in [2.45, 2.75) is 242 Å². The molecule has 24 nitrogen and oxygen atoms in total. The summed E-state index contributed by atoms with van der Waals surface area (Å²) in [7, 11) is 1.26. The van der Waals surface area contributed by atoms with Crippen LogP contribution in [0.15, 0.2) is 12.1 Å². The highest BCUT2D eigenvalue weighted by molar-refractivity contribution is 6.11. The largest absolute Gasteiger partial charge is 0.507 e. The molecular weight excluding hydrogens is 1020 g/mol. The number of ketones is 2. The van der Waals surface area contributed by atoms with Crippen molar-refractivity contribution in [2.24, 2.45) is 5.92 Å². The molecule has 24 heteroatoms. The number of phenolic OH excluding ortho intramolecular Hbond substituents is 2. The van der Waals surface area contributed by atoms with Gasteiger partial charge in [0, 0.05) is 57.6 Å². The second-order valence-electron chi connectivity index (χ2n) is 21.8. The Kier molecular flexibility index (Phi) is 18.3. The summed E-state index contributed by atoms with van der Waals surface area (Å²) >= 11 is 0. The number of benzene rings is 2. The maximum absolute atomic E-state index is 15.0. The summed E-state index contributed by atoms with van der Waals surface area (Å²) in [6, 6.07) is 3.09. The molecule has 0 spiro atoms. The average molecular weight is 1100 g/mol. The van der Waals surface area contributed by atoms with Gasteiger partial charge in [-0.1, -0.05) is 0 Å². The number of carbonyl (C=O) groups excluding carboxylic acids is 3. The highest BCUT2D eigenvalue weighted by Crippen LogP contribution is 2.48. The Morgan fingerprint density at radius 3 is 1.74 bits per heavy atom. The second-order valence-corrected chi connectivity index (χ2v) is 21.8. The van der Waals surface area contributed by atoms with Crippen molar-refractivity contribution in [3.8, 4) is 17.2 Å². The quantitative estimate of drug-likeness (QED) is 0.112. The molecule has 8 rings (SSSR count). The highest BCUT2D eigenvalue weighted by atomic mass is 16.7. The van der Waals surface area contributed by atoms with Crippen LogP contribution >= 0.6 is 0 Å². The van der Waals surface area contributed by atoms with E-state index in [0.717, 1.165) is 6.92 Å². The number of rotatable bonds is 15. The van der Waals surface area contributed by atoms with Gasteiger partial charge < -0.3 is 103 Å². The summed E-state index contributed by atoms with van der Waals surface area (Å²) in [4.78, 5) is 39.3. The first-order chi connectivity index (χ1) is 36.2. The van der Waals surface area contributed by atoms with Crippen LogP contribution in [0.4, 0.5) is 0 Å². The summed E-state index contributed by atoms with van der Waals surface area (Å²) in [5.74, 6) is -4.06. The smallest absolute Gasteiger partial charge is 0.303 e. The number of methoxy groups -OCH3 is 1. The minimum atomic E-state index is -1.73. The van der Waals surface area contributed by atoms with Crippen LogP contribution in [0.2, 0.25) is 0 Å². The number of aliphatic hydroxyl groups is 7. The fraction of sp³-hybridized carbons (Fsp3) is 0.755. The molecule has 432 valence electrons. The number of hydrogen-bond acceptors (Lipinski definition) is 24.